The number of fused-ring (bicyclic) bond motifs is 3. The number of nitrogens with one attached hydrogen (secondary N) is 1. The molecule has 1 aliphatic rings. The fraction of sp³-hybridized carbons (Fsp3) is 0.217. The molecule has 146 valence electrons. The Labute approximate surface area is 167 Å². The van der Waals surface area contributed by atoms with Gasteiger partial charge in [-0.2, -0.15) is 0 Å². The summed E-state index contributed by atoms with van der Waals surface area (Å²) >= 11 is 0. The molecule has 1 N–H and O–H groups in total. The summed E-state index contributed by atoms with van der Waals surface area (Å²) in [7, 11) is 0. The van der Waals surface area contributed by atoms with Crippen LogP contribution in [0.3, 0.4) is 0 Å². The minimum absolute atomic E-state index is 0.201. The number of amides is 1. The highest BCUT2D eigenvalue weighted by Gasteiger charge is 2.22. The molecule has 0 spiro atoms. The van der Waals surface area contributed by atoms with Crippen molar-refractivity contribution < 1.29 is 18.7 Å². The van der Waals surface area contributed by atoms with Crippen molar-refractivity contribution in [3.05, 3.63) is 60.9 Å². The first-order chi connectivity index (χ1) is 14.3. The van der Waals surface area contributed by atoms with Crippen molar-refractivity contribution in [2.45, 2.75) is 31.8 Å². The van der Waals surface area contributed by atoms with E-state index in [1.165, 1.54) is 12.8 Å². The Bertz CT molecular complexity index is 1160. The minimum Gasteiger partial charge on any atom is -0.486 e. The third-order valence-electron chi connectivity index (χ3n) is 5.16. The van der Waals surface area contributed by atoms with E-state index in [0.29, 0.717) is 22.8 Å². The summed E-state index contributed by atoms with van der Waals surface area (Å²) in [6, 6.07) is 14.8. The molecular formula is C23H20N2O4. The van der Waals surface area contributed by atoms with Gasteiger partial charge in [-0.3, -0.25) is 10.3 Å². The first-order valence-corrected chi connectivity index (χ1v) is 9.78. The second-order valence-electron chi connectivity index (χ2n) is 7.14. The third-order valence-corrected chi connectivity index (χ3v) is 5.16. The maximum absolute atomic E-state index is 12.4. The summed E-state index contributed by atoms with van der Waals surface area (Å²) < 4.78 is 17.9. The van der Waals surface area contributed by atoms with E-state index in [1.807, 2.05) is 30.3 Å². The van der Waals surface area contributed by atoms with Crippen molar-refractivity contribution in [2.75, 3.05) is 5.32 Å². The summed E-state index contributed by atoms with van der Waals surface area (Å²) in [5.74, 6) is 1.10. The van der Waals surface area contributed by atoms with E-state index in [0.717, 1.165) is 29.2 Å². The van der Waals surface area contributed by atoms with Crippen LogP contribution >= 0.6 is 0 Å². The van der Waals surface area contributed by atoms with Crippen LogP contribution in [0.25, 0.3) is 21.9 Å². The average Bonchev–Trinajstić information content (AvgIpc) is 3.38. The molecule has 5 rings (SSSR count). The number of hydrogen-bond donors (Lipinski definition) is 1. The second kappa shape index (κ2) is 7.47. The Balaban J connectivity index is 1.52. The molecule has 0 radical (unpaired) electrons. The van der Waals surface area contributed by atoms with Crippen LogP contribution < -0.4 is 14.8 Å². The van der Waals surface area contributed by atoms with Crippen molar-refractivity contribution in [1.29, 1.82) is 0 Å². The Morgan fingerprint density at radius 2 is 1.86 bits per heavy atom. The number of carbonyl (C=O) groups excluding carboxylic acids is 1. The van der Waals surface area contributed by atoms with E-state index >= 15 is 0 Å². The Hall–Kier alpha value is -3.54. The molecule has 0 unspecified atom stereocenters. The molecule has 1 amide bonds. The van der Waals surface area contributed by atoms with Gasteiger partial charge in [-0.1, -0.05) is 18.2 Å². The molecule has 6 heteroatoms. The SMILES string of the molecule is O=C(Nc1cccnc1)Oc1ccc(OC2CCCC2)c2oc3ccccc3c12. The third kappa shape index (κ3) is 3.49. The molecule has 2 aromatic carbocycles. The molecule has 0 saturated heterocycles. The fourth-order valence-corrected chi connectivity index (χ4v) is 3.82. The predicted molar refractivity (Wildman–Crippen MR) is 110 cm³/mol. The zero-order chi connectivity index (χ0) is 19.6. The molecule has 0 bridgehead atoms. The van der Waals surface area contributed by atoms with Gasteiger partial charge in [-0.05, 0) is 56.0 Å². The lowest BCUT2D eigenvalue weighted by atomic mass is 10.1. The molecule has 0 atom stereocenters. The Morgan fingerprint density at radius 1 is 1.03 bits per heavy atom. The number of furan rings is 1. The van der Waals surface area contributed by atoms with Crippen LogP contribution in [0.5, 0.6) is 11.5 Å². The number of carbonyl (C=O) groups is 1. The van der Waals surface area contributed by atoms with E-state index in [2.05, 4.69) is 10.3 Å². The summed E-state index contributed by atoms with van der Waals surface area (Å²) in [4.78, 5) is 16.4. The second-order valence-corrected chi connectivity index (χ2v) is 7.14. The number of rotatable bonds is 4. The molecule has 29 heavy (non-hydrogen) atoms. The lowest BCUT2D eigenvalue weighted by Crippen LogP contribution is -2.17. The van der Waals surface area contributed by atoms with Gasteiger partial charge in [0.15, 0.2) is 11.3 Å². The van der Waals surface area contributed by atoms with Crippen molar-refractivity contribution in [2.24, 2.45) is 0 Å². The standard InChI is InChI=1S/C23H20N2O4/c26-23(25-15-6-5-13-24-14-15)29-19-11-12-20(27-16-7-1-2-8-16)22-21(19)17-9-3-4-10-18(17)28-22/h3-6,9-14,16H,1-2,7-8H2,(H,25,26). The van der Waals surface area contributed by atoms with Crippen LogP contribution in [0.1, 0.15) is 25.7 Å². The number of pyridine rings is 1. The molecule has 1 aliphatic carbocycles. The molecule has 6 nitrogen and oxygen atoms in total. The number of nitrogens with zero attached hydrogens (tertiary/aromatic N) is 1. The zero-order valence-corrected chi connectivity index (χ0v) is 15.8. The monoisotopic (exact) mass is 388 g/mol. The van der Waals surface area contributed by atoms with Crippen molar-refractivity contribution >= 4 is 33.7 Å². The van der Waals surface area contributed by atoms with Gasteiger partial charge in [-0.25, -0.2) is 4.79 Å². The topological polar surface area (TPSA) is 73.6 Å². The van der Waals surface area contributed by atoms with Crippen molar-refractivity contribution in [1.82, 2.24) is 4.98 Å². The van der Waals surface area contributed by atoms with Crippen LogP contribution in [0, 0.1) is 0 Å². The van der Waals surface area contributed by atoms with Crippen molar-refractivity contribution in [3.63, 3.8) is 0 Å². The summed E-state index contributed by atoms with van der Waals surface area (Å²) in [5, 5.41) is 4.30. The summed E-state index contributed by atoms with van der Waals surface area (Å²) in [6.07, 6.45) is 7.28. The maximum atomic E-state index is 12.4. The van der Waals surface area contributed by atoms with Crippen molar-refractivity contribution in [3.8, 4) is 11.5 Å². The normalized spacial score (nSPS) is 14.3. The van der Waals surface area contributed by atoms with Crippen LogP contribution in [0.2, 0.25) is 0 Å². The van der Waals surface area contributed by atoms with E-state index in [-0.39, 0.29) is 6.10 Å². The highest BCUT2D eigenvalue weighted by atomic mass is 16.6. The first-order valence-electron chi connectivity index (χ1n) is 9.78. The highest BCUT2D eigenvalue weighted by molar-refractivity contribution is 6.11. The molecule has 4 aromatic rings. The number of anilines is 1. The van der Waals surface area contributed by atoms with E-state index in [1.54, 1.807) is 30.6 Å². The molecular weight excluding hydrogens is 368 g/mol. The number of benzene rings is 2. The minimum atomic E-state index is -0.589. The maximum Gasteiger partial charge on any atom is 0.417 e. The van der Waals surface area contributed by atoms with Crippen LogP contribution in [0.15, 0.2) is 65.3 Å². The molecule has 0 aliphatic heterocycles. The molecule has 2 aromatic heterocycles. The molecule has 1 saturated carbocycles. The predicted octanol–water partition coefficient (Wildman–Crippen LogP) is 5.91. The van der Waals surface area contributed by atoms with E-state index in [9.17, 15) is 4.79 Å². The highest BCUT2D eigenvalue weighted by Crippen LogP contribution is 2.41. The largest absolute Gasteiger partial charge is 0.486 e. The first kappa shape index (κ1) is 17.6. The Kier molecular flexibility index (Phi) is 4.52. The van der Waals surface area contributed by atoms with E-state index < -0.39 is 6.09 Å². The van der Waals surface area contributed by atoms with Gasteiger partial charge in [0.2, 0.25) is 0 Å². The summed E-state index contributed by atoms with van der Waals surface area (Å²) in [6.45, 7) is 0. The van der Waals surface area contributed by atoms with E-state index in [4.69, 9.17) is 13.9 Å². The quantitative estimate of drug-likeness (QED) is 0.470. The Morgan fingerprint density at radius 3 is 2.69 bits per heavy atom. The van der Waals surface area contributed by atoms with Gasteiger partial charge in [0.05, 0.1) is 23.4 Å². The van der Waals surface area contributed by atoms with Gasteiger partial charge in [0.1, 0.15) is 11.3 Å². The number of hydrogen-bond acceptors (Lipinski definition) is 5. The fourth-order valence-electron chi connectivity index (χ4n) is 3.82. The van der Waals surface area contributed by atoms with Gasteiger partial charge in [-0.15, -0.1) is 0 Å². The average molecular weight is 388 g/mol. The molecule has 1 fully saturated rings. The lowest BCUT2D eigenvalue weighted by molar-refractivity contribution is 0.209. The van der Waals surface area contributed by atoms with Gasteiger partial charge >= 0.3 is 6.09 Å². The van der Waals surface area contributed by atoms with Crippen LogP contribution in [0.4, 0.5) is 10.5 Å². The lowest BCUT2D eigenvalue weighted by Gasteiger charge is -2.14. The number of ether oxygens (including phenoxy) is 2. The summed E-state index contributed by atoms with van der Waals surface area (Å²) in [5.41, 5.74) is 1.89. The van der Waals surface area contributed by atoms with Gasteiger partial charge in [0.25, 0.3) is 0 Å². The smallest absolute Gasteiger partial charge is 0.417 e. The number of para-hydroxylation sites is 1. The number of aromatic nitrogens is 1. The molecule has 2 heterocycles. The van der Waals surface area contributed by atoms with Crippen LogP contribution in [-0.2, 0) is 0 Å². The van der Waals surface area contributed by atoms with Gasteiger partial charge < -0.3 is 13.9 Å². The van der Waals surface area contributed by atoms with Gasteiger partial charge in [0, 0.05) is 11.6 Å². The zero-order valence-electron chi connectivity index (χ0n) is 15.8. The van der Waals surface area contributed by atoms with Crippen LogP contribution in [-0.4, -0.2) is 17.2 Å².